The second-order valence-electron chi connectivity index (χ2n) is 5.26. The van der Waals surface area contributed by atoms with Crippen molar-refractivity contribution in [1.29, 1.82) is 0 Å². The second-order valence-corrected chi connectivity index (χ2v) is 7.44. The van der Waals surface area contributed by atoms with Crippen LogP contribution in [0.2, 0.25) is 0 Å². The molecule has 0 N–H and O–H groups in total. The van der Waals surface area contributed by atoms with E-state index >= 15 is 0 Å². The van der Waals surface area contributed by atoms with Crippen LogP contribution in [0.15, 0.2) is 34.9 Å². The molecule has 132 valence electrons. The fourth-order valence-corrected chi connectivity index (χ4v) is 3.37. The minimum absolute atomic E-state index is 0.00861. The largest absolute Gasteiger partial charge is 0.416 e. The molecule has 0 radical (unpaired) electrons. The van der Waals surface area contributed by atoms with Crippen LogP contribution in [0, 0.1) is 0 Å². The number of aromatic nitrogens is 1. The first-order valence-electron chi connectivity index (χ1n) is 6.99. The molecule has 24 heavy (non-hydrogen) atoms. The van der Waals surface area contributed by atoms with Crippen molar-refractivity contribution in [2.45, 2.75) is 25.0 Å². The van der Waals surface area contributed by atoms with Gasteiger partial charge < -0.3 is 9.26 Å². The molecule has 0 saturated carbocycles. The summed E-state index contributed by atoms with van der Waals surface area (Å²) in [7, 11) is -2.07. The first-order valence-corrected chi connectivity index (χ1v) is 8.82. The average Bonchev–Trinajstić information content (AvgIpc) is 2.92. The molecule has 0 bridgehead atoms. The van der Waals surface area contributed by atoms with E-state index in [0.717, 1.165) is 12.1 Å². The molecule has 5 nitrogen and oxygen atoms in total. The topological polar surface area (TPSA) is 69.4 Å². The molecule has 1 aromatic carbocycles. The Hall–Kier alpha value is -1.87. The number of methoxy groups -OCH3 is 1. The van der Waals surface area contributed by atoms with Crippen molar-refractivity contribution in [3.8, 4) is 0 Å². The van der Waals surface area contributed by atoms with Crippen molar-refractivity contribution in [3.63, 3.8) is 0 Å². The molecule has 9 heteroatoms. The van der Waals surface area contributed by atoms with Gasteiger partial charge in [0.2, 0.25) is 0 Å². The third kappa shape index (κ3) is 5.34. The van der Waals surface area contributed by atoms with E-state index in [1.54, 1.807) is 0 Å². The van der Waals surface area contributed by atoms with E-state index < -0.39 is 21.6 Å². The molecule has 0 fully saturated rings. The van der Waals surface area contributed by atoms with Gasteiger partial charge in [-0.1, -0.05) is 23.4 Å². The van der Waals surface area contributed by atoms with Crippen LogP contribution in [0.1, 0.15) is 22.6 Å². The summed E-state index contributed by atoms with van der Waals surface area (Å²) >= 11 is 0. The van der Waals surface area contributed by atoms with Crippen LogP contribution in [-0.4, -0.2) is 26.4 Å². The molecule has 0 spiro atoms. The van der Waals surface area contributed by atoms with Gasteiger partial charge in [-0.25, -0.2) is 8.42 Å². The molecular weight excluding hydrogens is 347 g/mol. The van der Waals surface area contributed by atoms with Gasteiger partial charge in [0.25, 0.3) is 0 Å². The van der Waals surface area contributed by atoms with E-state index in [-0.39, 0.29) is 30.3 Å². The summed E-state index contributed by atoms with van der Waals surface area (Å²) in [6.45, 7) is 0.202. The molecule has 2 aromatic rings. The van der Waals surface area contributed by atoms with E-state index in [0.29, 0.717) is 11.3 Å². The van der Waals surface area contributed by atoms with E-state index in [1.807, 2.05) is 0 Å². The Labute approximate surface area is 137 Å². The van der Waals surface area contributed by atoms with E-state index in [2.05, 4.69) is 5.16 Å². The smallest absolute Gasteiger partial charge is 0.378 e. The Kier molecular flexibility index (Phi) is 5.66. The zero-order valence-electron chi connectivity index (χ0n) is 12.8. The van der Waals surface area contributed by atoms with E-state index in [1.165, 1.54) is 25.3 Å². The lowest BCUT2D eigenvalue weighted by atomic mass is 10.1. The zero-order chi connectivity index (χ0) is 17.8. The van der Waals surface area contributed by atoms with Gasteiger partial charge in [0.05, 0.1) is 17.9 Å². The summed E-state index contributed by atoms with van der Waals surface area (Å²) < 4.78 is 71.9. The molecule has 1 aromatic heterocycles. The van der Waals surface area contributed by atoms with Crippen molar-refractivity contribution in [2.75, 3.05) is 12.9 Å². The maximum Gasteiger partial charge on any atom is 0.416 e. The molecule has 0 unspecified atom stereocenters. The van der Waals surface area contributed by atoms with Crippen LogP contribution in [0.25, 0.3) is 0 Å². The second kappa shape index (κ2) is 7.35. The monoisotopic (exact) mass is 363 g/mol. The average molecular weight is 363 g/mol. The first-order chi connectivity index (χ1) is 11.2. The highest BCUT2D eigenvalue weighted by Gasteiger charge is 2.30. The number of halogens is 3. The van der Waals surface area contributed by atoms with Crippen LogP contribution in [0.5, 0.6) is 0 Å². The van der Waals surface area contributed by atoms with Gasteiger partial charge in [0.1, 0.15) is 11.4 Å². The highest BCUT2D eigenvalue weighted by Crippen LogP contribution is 2.29. The summed E-state index contributed by atoms with van der Waals surface area (Å²) in [5, 5.41) is 3.66. The maximum absolute atomic E-state index is 12.6. The Bertz CT molecular complexity index is 784. The summed E-state index contributed by atoms with van der Waals surface area (Å²) in [4.78, 5) is 0. The Morgan fingerprint density at radius 1 is 1.25 bits per heavy atom. The number of benzene rings is 1. The fraction of sp³-hybridized carbons (Fsp3) is 0.400. The van der Waals surface area contributed by atoms with Crippen molar-refractivity contribution < 1.29 is 30.8 Å². The quantitative estimate of drug-likeness (QED) is 0.756. The summed E-state index contributed by atoms with van der Waals surface area (Å²) in [5.41, 5.74) is -0.0107. The van der Waals surface area contributed by atoms with Crippen molar-refractivity contribution in [2.24, 2.45) is 0 Å². The number of ether oxygens (including phenoxy) is 1. The third-order valence-corrected chi connectivity index (χ3v) is 4.77. The van der Waals surface area contributed by atoms with Gasteiger partial charge >= 0.3 is 6.18 Å². The number of sulfone groups is 1. The van der Waals surface area contributed by atoms with Gasteiger partial charge in [-0.3, -0.25) is 0 Å². The number of hydrogen-bond acceptors (Lipinski definition) is 5. The zero-order valence-corrected chi connectivity index (χ0v) is 13.7. The van der Waals surface area contributed by atoms with Crippen LogP contribution >= 0.6 is 0 Å². The maximum atomic E-state index is 12.6. The van der Waals surface area contributed by atoms with E-state index in [9.17, 15) is 21.6 Å². The predicted octanol–water partition coefficient (Wildman–Crippen LogP) is 3.00. The predicted molar refractivity (Wildman–Crippen MR) is 79.9 cm³/mol. The lowest BCUT2D eigenvalue weighted by molar-refractivity contribution is -0.137. The highest BCUT2D eigenvalue weighted by atomic mass is 32.2. The van der Waals surface area contributed by atoms with Gasteiger partial charge in [-0.2, -0.15) is 13.2 Å². The molecule has 0 atom stereocenters. The van der Waals surface area contributed by atoms with Gasteiger partial charge in [0, 0.05) is 13.2 Å². The first kappa shape index (κ1) is 18.5. The lowest BCUT2D eigenvalue weighted by Crippen LogP contribution is -2.12. The summed E-state index contributed by atoms with van der Waals surface area (Å²) in [5.74, 6) is -0.469. The number of aryl methyl sites for hydroxylation is 1. The normalized spacial score (nSPS) is 12.5. The third-order valence-electron chi connectivity index (χ3n) is 3.22. The number of nitrogens with zero attached hydrogens (tertiary/aromatic N) is 1. The molecule has 0 aliphatic heterocycles. The highest BCUT2D eigenvalue weighted by molar-refractivity contribution is 7.90. The Morgan fingerprint density at radius 2 is 2.00 bits per heavy atom. The van der Waals surface area contributed by atoms with Crippen LogP contribution in [0.3, 0.4) is 0 Å². The SMILES string of the molecule is COCc1cc(CS(=O)(=O)CCc2cccc(C(F)(F)F)c2)on1. The van der Waals surface area contributed by atoms with Gasteiger partial charge in [-0.05, 0) is 18.1 Å². The van der Waals surface area contributed by atoms with Crippen LogP contribution < -0.4 is 0 Å². The number of alkyl halides is 3. The lowest BCUT2D eigenvalue weighted by Gasteiger charge is -2.08. The molecular formula is C15H16F3NO4S. The van der Waals surface area contributed by atoms with Crippen LogP contribution in [-0.2, 0) is 39.5 Å². The van der Waals surface area contributed by atoms with Gasteiger partial charge in [0.15, 0.2) is 15.6 Å². The molecule has 0 amide bonds. The van der Waals surface area contributed by atoms with Gasteiger partial charge in [-0.15, -0.1) is 0 Å². The Balaban J connectivity index is 1.99. The molecule has 1 heterocycles. The van der Waals surface area contributed by atoms with Crippen molar-refractivity contribution in [1.82, 2.24) is 5.16 Å². The fourth-order valence-electron chi connectivity index (χ4n) is 2.11. The summed E-state index contributed by atoms with van der Waals surface area (Å²) in [6, 6.07) is 6.12. The molecule has 0 aliphatic carbocycles. The van der Waals surface area contributed by atoms with Crippen molar-refractivity contribution >= 4 is 9.84 Å². The minimum atomic E-state index is -4.45. The number of rotatable bonds is 7. The molecule has 2 rings (SSSR count). The summed E-state index contributed by atoms with van der Waals surface area (Å²) in [6.07, 6.45) is -4.46. The minimum Gasteiger partial charge on any atom is -0.378 e. The van der Waals surface area contributed by atoms with Crippen LogP contribution in [0.4, 0.5) is 13.2 Å². The molecule has 0 saturated heterocycles. The van der Waals surface area contributed by atoms with E-state index in [4.69, 9.17) is 9.26 Å². The Morgan fingerprint density at radius 3 is 2.67 bits per heavy atom. The standard InChI is InChI=1S/C15H16F3NO4S/c1-22-9-13-8-14(23-19-13)10-24(20,21)6-5-11-3-2-4-12(7-11)15(16,17)18/h2-4,7-8H,5-6,9-10H2,1H3. The molecule has 0 aliphatic rings. The number of hydrogen-bond donors (Lipinski definition) is 0. The van der Waals surface area contributed by atoms with Crippen molar-refractivity contribution in [3.05, 3.63) is 52.9 Å².